The zero-order chi connectivity index (χ0) is 12.7. The summed E-state index contributed by atoms with van der Waals surface area (Å²) in [6.45, 7) is 0. The lowest BCUT2D eigenvalue weighted by atomic mass is 10.1. The predicted octanol–water partition coefficient (Wildman–Crippen LogP) is 2.46. The van der Waals surface area contributed by atoms with E-state index in [0.717, 1.165) is 11.8 Å². The van der Waals surface area contributed by atoms with Gasteiger partial charge < -0.3 is 9.52 Å². The molecule has 18 heavy (non-hydrogen) atoms. The van der Waals surface area contributed by atoms with Gasteiger partial charge in [-0.25, -0.2) is 0 Å². The largest absolute Gasteiger partial charge is 0.507 e. The van der Waals surface area contributed by atoms with Crippen LogP contribution < -0.4 is 5.32 Å². The molecule has 0 radical (unpaired) electrons. The highest BCUT2D eigenvalue weighted by atomic mass is 32.2. The quantitative estimate of drug-likeness (QED) is 0.771. The van der Waals surface area contributed by atoms with Crippen molar-refractivity contribution in [2.75, 3.05) is 0 Å². The van der Waals surface area contributed by atoms with Gasteiger partial charge in [0.05, 0.1) is 16.6 Å². The molecule has 1 saturated heterocycles. The first-order valence-electron chi connectivity index (χ1n) is 5.09. The molecule has 1 fully saturated rings. The van der Waals surface area contributed by atoms with Crippen molar-refractivity contribution >= 4 is 40.0 Å². The lowest BCUT2D eigenvalue weighted by Crippen LogP contribution is -2.17. The van der Waals surface area contributed by atoms with Crippen LogP contribution in [0.15, 0.2) is 33.8 Å². The Kier molecular flexibility index (Phi) is 2.38. The van der Waals surface area contributed by atoms with E-state index in [1.807, 2.05) is 0 Å². The molecule has 2 amide bonds. The van der Waals surface area contributed by atoms with Gasteiger partial charge in [-0.05, 0) is 36.0 Å². The van der Waals surface area contributed by atoms with Crippen LogP contribution >= 0.6 is 11.8 Å². The minimum atomic E-state index is -0.419. The summed E-state index contributed by atoms with van der Waals surface area (Å²) >= 11 is 0.841. The van der Waals surface area contributed by atoms with Gasteiger partial charge in [0.1, 0.15) is 11.3 Å². The van der Waals surface area contributed by atoms with Gasteiger partial charge in [0.25, 0.3) is 11.1 Å². The molecular weight excluding hydrogens is 254 g/mol. The Hall–Kier alpha value is -2.21. The molecule has 2 aromatic rings. The maximum atomic E-state index is 11.4. The van der Waals surface area contributed by atoms with Crippen LogP contribution in [0.5, 0.6) is 5.75 Å². The molecule has 1 aromatic carbocycles. The molecule has 2 heterocycles. The van der Waals surface area contributed by atoms with Crippen molar-refractivity contribution in [3.63, 3.8) is 0 Å². The van der Waals surface area contributed by atoms with Crippen molar-refractivity contribution in [1.29, 1.82) is 0 Å². The summed E-state index contributed by atoms with van der Waals surface area (Å²) in [6, 6.07) is 4.79. The number of phenols is 1. The van der Waals surface area contributed by atoms with E-state index in [9.17, 15) is 14.7 Å². The van der Waals surface area contributed by atoms with E-state index in [4.69, 9.17) is 4.42 Å². The van der Waals surface area contributed by atoms with E-state index in [2.05, 4.69) is 5.32 Å². The van der Waals surface area contributed by atoms with Crippen LogP contribution in [-0.4, -0.2) is 16.3 Å². The third-order valence-electron chi connectivity index (χ3n) is 2.55. The second kappa shape index (κ2) is 3.92. The molecule has 1 aliphatic heterocycles. The molecule has 1 aliphatic rings. The van der Waals surface area contributed by atoms with Gasteiger partial charge in [-0.3, -0.25) is 14.9 Å². The fourth-order valence-electron chi connectivity index (χ4n) is 1.74. The number of thioether (sulfide) groups is 1. The molecule has 2 N–H and O–H groups in total. The van der Waals surface area contributed by atoms with Crippen molar-refractivity contribution in [2.24, 2.45) is 0 Å². The third-order valence-corrected chi connectivity index (χ3v) is 3.36. The number of benzene rings is 1. The summed E-state index contributed by atoms with van der Waals surface area (Å²) < 4.78 is 5.27. The van der Waals surface area contributed by atoms with Gasteiger partial charge in [-0.15, -0.1) is 0 Å². The number of phenolic OH excluding ortho intramolecular Hbond substituents is 1. The molecule has 3 rings (SSSR count). The van der Waals surface area contributed by atoms with E-state index in [1.54, 1.807) is 18.2 Å². The van der Waals surface area contributed by atoms with Crippen LogP contribution in [0.3, 0.4) is 0 Å². The maximum Gasteiger partial charge on any atom is 0.290 e. The second-order valence-corrected chi connectivity index (χ2v) is 4.70. The first-order chi connectivity index (χ1) is 8.65. The number of carbonyl (C=O) groups excluding carboxylic acids is 2. The Morgan fingerprint density at radius 3 is 2.83 bits per heavy atom. The van der Waals surface area contributed by atoms with Crippen molar-refractivity contribution in [3.8, 4) is 5.75 Å². The van der Waals surface area contributed by atoms with Gasteiger partial charge in [0.2, 0.25) is 0 Å². The Bertz CT molecular complexity index is 701. The SMILES string of the molecule is O=C1NC(=O)/C(=C/c2ccc(O)c3ccoc23)S1. The smallest absolute Gasteiger partial charge is 0.290 e. The zero-order valence-electron chi connectivity index (χ0n) is 8.97. The summed E-state index contributed by atoms with van der Waals surface area (Å²) in [5.74, 6) is -0.307. The summed E-state index contributed by atoms with van der Waals surface area (Å²) in [5, 5.41) is 12.0. The third kappa shape index (κ3) is 1.67. The number of hydrogen-bond acceptors (Lipinski definition) is 5. The Balaban J connectivity index is 2.13. The predicted molar refractivity (Wildman–Crippen MR) is 67.0 cm³/mol. The van der Waals surface area contributed by atoms with E-state index >= 15 is 0 Å². The minimum Gasteiger partial charge on any atom is -0.507 e. The zero-order valence-corrected chi connectivity index (χ0v) is 9.78. The molecule has 0 atom stereocenters. The van der Waals surface area contributed by atoms with Gasteiger partial charge in [-0.2, -0.15) is 0 Å². The minimum absolute atomic E-state index is 0.112. The van der Waals surface area contributed by atoms with Gasteiger partial charge in [-0.1, -0.05) is 0 Å². The fourth-order valence-corrected chi connectivity index (χ4v) is 2.42. The summed E-state index contributed by atoms with van der Waals surface area (Å²) in [7, 11) is 0. The molecule has 1 aromatic heterocycles. The Labute approximate surface area is 105 Å². The van der Waals surface area contributed by atoms with Crippen LogP contribution in [0.25, 0.3) is 17.0 Å². The van der Waals surface area contributed by atoms with Crippen molar-refractivity contribution in [1.82, 2.24) is 5.32 Å². The van der Waals surface area contributed by atoms with Gasteiger partial charge in [0.15, 0.2) is 0 Å². The summed E-state index contributed by atoms with van der Waals surface area (Å²) in [4.78, 5) is 22.8. The maximum absolute atomic E-state index is 11.4. The lowest BCUT2D eigenvalue weighted by molar-refractivity contribution is -0.115. The van der Waals surface area contributed by atoms with Gasteiger partial charge in [0, 0.05) is 5.56 Å². The standard InChI is InChI=1S/C12H7NO4S/c14-8-2-1-6(10-7(8)3-4-17-10)5-9-11(15)13-12(16)18-9/h1-5,14H,(H,13,15,16)/b9-5-. The first-order valence-corrected chi connectivity index (χ1v) is 5.91. The monoisotopic (exact) mass is 261 g/mol. The number of nitrogens with one attached hydrogen (secondary N) is 1. The van der Waals surface area contributed by atoms with E-state index in [0.29, 0.717) is 21.4 Å². The number of amides is 2. The first kappa shape index (κ1) is 10.9. The molecular formula is C12H7NO4S. The average Bonchev–Trinajstić information content (AvgIpc) is 2.91. The fraction of sp³-hybridized carbons (Fsp3) is 0. The molecule has 0 spiro atoms. The molecule has 90 valence electrons. The van der Waals surface area contributed by atoms with Crippen LogP contribution in [0, 0.1) is 0 Å². The number of carbonyl (C=O) groups is 2. The number of fused-ring (bicyclic) bond motifs is 1. The highest BCUT2D eigenvalue weighted by Gasteiger charge is 2.25. The second-order valence-electron chi connectivity index (χ2n) is 3.69. The van der Waals surface area contributed by atoms with E-state index < -0.39 is 5.91 Å². The number of rotatable bonds is 1. The lowest BCUT2D eigenvalue weighted by Gasteiger charge is -1.99. The number of hydrogen-bond donors (Lipinski definition) is 2. The van der Waals surface area contributed by atoms with Crippen LogP contribution in [0.4, 0.5) is 4.79 Å². The van der Waals surface area contributed by atoms with Crippen molar-refractivity contribution < 1.29 is 19.1 Å². The molecule has 6 heteroatoms. The number of furan rings is 1. The van der Waals surface area contributed by atoms with Crippen molar-refractivity contribution in [3.05, 3.63) is 34.9 Å². The average molecular weight is 261 g/mol. The van der Waals surface area contributed by atoms with E-state index in [-0.39, 0.29) is 11.0 Å². The van der Waals surface area contributed by atoms with E-state index in [1.165, 1.54) is 12.3 Å². The summed E-state index contributed by atoms with van der Waals surface area (Å²) in [5.41, 5.74) is 1.12. The van der Waals surface area contributed by atoms with Crippen LogP contribution in [0.1, 0.15) is 5.56 Å². The molecule has 0 unspecified atom stereocenters. The topological polar surface area (TPSA) is 79.5 Å². The van der Waals surface area contributed by atoms with Gasteiger partial charge >= 0.3 is 0 Å². The highest BCUT2D eigenvalue weighted by molar-refractivity contribution is 8.18. The summed E-state index contributed by atoms with van der Waals surface area (Å²) in [6.07, 6.45) is 3.02. The molecule has 0 saturated carbocycles. The number of imide groups is 1. The molecule has 5 nitrogen and oxygen atoms in total. The Morgan fingerprint density at radius 1 is 1.28 bits per heavy atom. The Morgan fingerprint density at radius 2 is 2.11 bits per heavy atom. The normalized spacial score (nSPS) is 17.7. The van der Waals surface area contributed by atoms with Crippen LogP contribution in [-0.2, 0) is 4.79 Å². The van der Waals surface area contributed by atoms with Crippen LogP contribution in [0.2, 0.25) is 0 Å². The highest BCUT2D eigenvalue weighted by Crippen LogP contribution is 2.32. The number of aromatic hydroxyl groups is 1. The molecule has 0 bridgehead atoms. The van der Waals surface area contributed by atoms with Crippen molar-refractivity contribution in [2.45, 2.75) is 0 Å². The molecule has 0 aliphatic carbocycles.